The van der Waals surface area contributed by atoms with Gasteiger partial charge in [0.25, 0.3) is 0 Å². The van der Waals surface area contributed by atoms with Crippen LogP contribution in [0.3, 0.4) is 0 Å². The van der Waals surface area contributed by atoms with E-state index in [2.05, 4.69) is 34.1 Å². The normalized spacial score (nSPS) is 25.0. The van der Waals surface area contributed by atoms with Crippen LogP contribution in [0.5, 0.6) is 0 Å². The van der Waals surface area contributed by atoms with Gasteiger partial charge in [0.15, 0.2) is 0 Å². The summed E-state index contributed by atoms with van der Waals surface area (Å²) in [7, 11) is 0. The Balaban J connectivity index is 1.51. The number of amides is 1. The maximum absolute atomic E-state index is 12.3. The maximum Gasteiger partial charge on any atom is 0.222 e. The average molecular weight is 343 g/mol. The topological polar surface area (TPSA) is 36.4 Å². The predicted octanol–water partition coefficient (Wildman–Crippen LogP) is 3.66. The molecule has 1 aromatic heterocycles. The van der Waals surface area contributed by atoms with Crippen molar-refractivity contribution in [2.75, 3.05) is 13.1 Å². The molecule has 1 amide bonds. The minimum atomic E-state index is 0.323. The third kappa shape index (κ3) is 2.95. The van der Waals surface area contributed by atoms with Crippen LogP contribution in [0.1, 0.15) is 44.0 Å². The molecule has 3 heterocycles. The number of rotatable bonds is 4. The molecule has 2 unspecified atom stereocenters. The third-order valence-electron chi connectivity index (χ3n) is 5.46. The highest BCUT2D eigenvalue weighted by molar-refractivity contribution is 7.18. The maximum atomic E-state index is 12.3. The van der Waals surface area contributed by atoms with Crippen LogP contribution >= 0.6 is 11.3 Å². The van der Waals surface area contributed by atoms with Crippen molar-refractivity contribution < 1.29 is 4.79 Å². The molecule has 0 saturated carbocycles. The number of likely N-dealkylation sites (tertiary alicyclic amines) is 2. The molecule has 2 atom stereocenters. The monoisotopic (exact) mass is 343 g/mol. The second-order valence-electron chi connectivity index (χ2n) is 6.91. The van der Waals surface area contributed by atoms with Crippen molar-refractivity contribution in [1.29, 1.82) is 0 Å². The fourth-order valence-electron chi connectivity index (χ4n) is 4.35. The van der Waals surface area contributed by atoms with Gasteiger partial charge in [-0.2, -0.15) is 0 Å². The Morgan fingerprint density at radius 3 is 2.83 bits per heavy atom. The standard InChI is InChI=1S/C19H25N3OS/c1-2-19(23)22-12-6-9-16(22)15-8-5-11-21(15)13-18-20-14-7-3-4-10-17(14)24-18/h3-4,7,10,15-16H,2,5-6,8-9,11-13H2,1H3. The number of hydrogen-bond donors (Lipinski definition) is 0. The Kier molecular flexibility index (Phi) is 4.55. The van der Waals surface area contributed by atoms with Crippen LogP contribution in [0.4, 0.5) is 0 Å². The number of aromatic nitrogens is 1. The molecule has 0 radical (unpaired) electrons. The van der Waals surface area contributed by atoms with Gasteiger partial charge >= 0.3 is 0 Å². The fraction of sp³-hybridized carbons (Fsp3) is 0.579. The van der Waals surface area contributed by atoms with E-state index in [0.717, 1.165) is 38.0 Å². The van der Waals surface area contributed by atoms with E-state index in [9.17, 15) is 4.79 Å². The van der Waals surface area contributed by atoms with Crippen LogP contribution in [0.15, 0.2) is 24.3 Å². The minimum absolute atomic E-state index is 0.323. The first-order chi connectivity index (χ1) is 11.8. The Hall–Kier alpha value is -1.46. The number of thiazole rings is 1. The fourth-order valence-corrected chi connectivity index (χ4v) is 5.34. The quantitative estimate of drug-likeness (QED) is 0.850. The second-order valence-corrected chi connectivity index (χ2v) is 8.02. The van der Waals surface area contributed by atoms with Gasteiger partial charge in [-0.1, -0.05) is 19.1 Å². The van der Waals surface area contributed by atoms with E-state index in [1.54, 1.807) is 11.3 Å². The number of hydrogen-bond acceptors (Lipinski definition) is 4. The molecule has 24 heavy (non-hydrogen) atoms. The summed E-state index contributed by atoms with van der Waals surface area (Å²) in [6, 6.07) is 9.29. The summed E-state index contributed by atoms with van der Waals surface area (Å²) in [5.41, 5.74) is 1.11. The summed E-state index contributed by atoms with van der Waals surface area (Å²) in [5.74, 6) is 0.323. The van der Waals surface area contributed by atoms with Gasteiger partial charge in [-0.05, 0) is 44.4 Å². The van der Waals surface area contributed by atoms with Gasteiger partial charge < -0.3 is 4.90 Å². The zero-order valence-corrected chi connectivity index (χ0v) is 15.1. The average Bonchev–Trinajstić information content (AvgIpc) is 3.32. The lowest BCUT2D eigenvalue weighted by atomic mass is 10.0. The molecule has 2 aliphatic heterocycles. The lowest BCUT2D eigenvalue weighted by Crippen LogP contribution is -2.47. The Morgan fingerprint density at radius 2 is 2.00 bits per heavy atom. The number of carbonyl (C=O) groups excluding carboxylic acids is 1. The first-order valence-corrected chi connectivity index (χ1v) is 9.96. The van der Waals surface area contributed by atoms with Gasteiger partial charge in [-0.15, -0.1) is 11.3 Å². The Labute approximate surface area is 147 Å². The molecule has 5 heteroatoms. The van der Waals surface area contributed by atoms with Crippen molar-refractivity contribution in [3.8, 4) is 0 Å². The van der Waals surface area contributed by atoms with Crippen molar-refractivity contribution >= 4 is 27.5 Å². The lowest BCUT2D eigenvalue weighted by Gasteiger charge is -2.34. The lowest BCUT2D eigenvalue weighted by molar-refractivity contribution is -0.132. The molecular formula is C19H25N3OS. The largest absolute Gasteiger partial charge is 0.338 e. The summed E-state index contributed by atoms with van der Waals surface area (Å²) in [5, 5.41) is 1.20. The van der Waals surface area contributed by atoms with Crippen molar-refractivity contribution in [3.05, 3.63) is 29.3 Å². The van der Waals surface area contributed by atoms with E-state index in [0.29, 0.717) is 24.4 Å². The van der Waals surface area contributed by atoms with Crippen LogP contribution in [0, 0.1) is 0 Å². The molecule has 0 bridgehead atoms. The summed E-state index contributed by atoms with van der Waals surface area (Å²) in [6.07, 6.45) is 5.39. The molecule has 4 nitrogen and oxygen atoms in total. The molecule has 0 spiro atoms. The molecule has 1 aromatic carbocycles. The van der Waals surface area contributed by atoms with E-state index < -0.39 is 0 Å². The van der Waals surface area contributed by atoms with E-state index in [1.165, 1.54) is 22.5 Å². The van der Waals surface area contributed by atoms with E-state index in [-0.39, 0.29) is 0 Å². The van der Waals surface area contributed by atoms with Crippen molar-refractivity contribution in [3.63, 3.8) is 0 Å². The third-order valence-corrected chi connectivity index (χ3v) is 6.48. The van der Waals surface area contributed by atoms with Gasteiger partial charge in [0.1, 0.15) is 5.01 Å². The molecule has 4 rings (SSSR count). The SMILES string of the molecule is CCC(=O)N1CCCC1C1CCCN1Cc1nc2ccccc2s1. The number of benzene rings is 1. The first kappa shape index (κ1) is 16.0. The van der Waals surface area contributed by atoms with Gasteiger partial charge in [-0.3, -0.25) is 9.69 Å². The minimum Gasteiger partial charge on any atom is -0.338 e. The van der Waals surface area contributed by atoms with Crippen molar-refractivity contribution in [2.45, 2.75) is 57.7 Å². The summed E-state index contributed by atoms with van der Waals surface area (Å²) in [6.45, 7) is 4.98. The van der Waals surface area contributed by atoms with Crippen LogP contribution < -0.4 is 0 Å². The second kappa shape index (κ2) is 6.81. The highest BCUT2D eigenvalue weighted by atomic mass is 32.1. The molecule has 2 fully saturated rings. The molecule has 2 saturated heterocycles. The number of carbonyl (C=O) groups is 1. The Bertz CT molecular complexity index is 695. The number of para-hydroxylation sites is 1. The smallest absolute Gasteiger partial charge is 0.222 e. The Morgan fingerprint density at radius 1 is 1.21 bits per heavy atom. The molecule has 0 N–H and O–H groups in total. The van der Waals surface area contributed by atoms with Crippen LogP contribution in [0.2, 0.25) is 0 Å². The van der Waals surface area contributed by atoms with Crippen LogP contribution in [0.25, 0.3) is 10.2 Å². The van der Waals surface area contributed by atoms with Crippen molar-refractivity contribution in [1.82, 2.24) is 14.8 Å². The van der Waals surface area contributed by atoms with Crippen LogP contribution in [-0.4, -0.2) is 45.9 Å². The molecule has 128 valence electrons. The van der Waals surface area contributed by atoms with Crippen LogP contribution in [-0.2, 0) is 11.3 Å². The summed E-state index contributed by atoms with van der Waals surface area (Å²) >= 11 is 1.81. The highest BCUT2D eigenvalue weighted by Gasteiger charge is 2.39. The van der Waals surface area contributed by atoms with E-state index in [1.807, 2.05) is 6.92 Å². The molecule has 0 aliphatic carbocycles. The highest BCUT2D eigenvalue weighted by Crippen LogP contribution is 2.32. The van der Waals surface area contributed by atoms with Crippen molar-refractivity contribution in [2.24, 2.45) is 0 Å². The first-order valence-electron chi connectivity index (χ1n) is 9.14. The summed E-state index contributed by atoms with van der Waals surface area (Å²) < 4.78 is 1.27. The molecule has 2 aromatic rings. The van der Waals surface area contributed by atoms with Gasteiger partial charge in [0.05, 0.1) is 16.8 Å². The number of nitrogens with zero attached hydrogens (tertiary/aromatic N) is 3. The zero-order chi connectivity index (χ0) is 16.5. The molecule has 2 aliphatic rings. The van der Waals surface area contributed by atoms with Gasteiger partial charge in [0.2, 0.25) is 5.91 Å². The summed E-state index contributed by atoms with van der Waals surface area (Å²) in [4.78, 5) is 21.8. The van der Waals surface area contributed by atoms with E-state index in [4.69, 9.17) is 4.98 Å². The van der Waals surface area contributed by atoms with Gasteiger partial charge in [-0.25, -0.2) is 4.98 Å². The molecular weight excluding hydrogens is 318 g/mol. The number of fused-ring (bicyclic) bond motifs is 1. The van der Waals surface area contributed by atoms with E-state index >= 15 is 0 Å². The van der Waals surface area contributed by atoms with Gasteiger partial charge in [0, 0.05) is 25.0 Å². The zero-order valence-electron chi connectivity index (χ0n) is 14.3. The predicted molar refractivity (Wildman–Crippen MR) is 98.1 cm³/mol.